The van der Waals surface area contributed by atoms with Gasteiger partial charge in [-0.25, -0.2) is 9.50 Å². The second-order valence-electron chi connectivity index (χ2n) is 6.70. The van der Waals surface area contributed by atoms with Gasteiger partial charge in [-0.2, -0.15) is 18.3 Å². The molecule has 0 spiro atoms. The van der Waals surface area contributed by atoms with Crippen molar-refractivity contribution < 1.29 is 18.0 Å². The molecule has 3 aromatic rings. The van der Waals surface area contributed by atoms with Crippen LogP contribution in [0.15, 0.2) is 54.5 Å². The van der Waals surface area contributed by atoms with E-state index in [0.717, 1.165) is 6.07 Å². The highest BCUT2D eigenvalue weighted by molar-refractivity contribution is 5.95. The number of imidazole rings is 1. The van der Waals surface area contributed by atoms with E-state index in [-0.39, 0.29) is 17.0 Å². The molecule has 0 bridgehead atoms. The molecule has 0 saturated heterocycles. The molecule has 0 unspecified atom stereocenters. The fourth-order valence-electron chi connectivity index (χ4n) is 3.23. The van der Waals surface area contributed by atoms with Crippen molar-refractivity contribution in [1.82, 2.24) is 30.8 Å². The summed E-state index contributed by atoms with van der Waals surface area (Å²) in [5, 5.41) is 7.02. The molecule has 3 heterocycles. The monoisotopic (exact) mass is 414 g/mol. The van der Waals surface area contributed by atoms with E-state index in [4.69, 9.17) is 0 Å². The van der Waals surface area contributed by atoms with Crippen LogP contribution in [0.4, 0.5) is 13.2 Å². The second-order valence-corrected chi connectivity index (χ2v) is 6.70. The molecule has 0 saturated carbocycles. The van der Waals surface area contributed by atoms with E-state index in [9.17, 15) is 18.0 Å². The maximum atomic E-state index is 13.5. The number of amides is 1. The van der Waals surface area contributed by atoms with Gasteiger partial charge in [0.2, 0.25) is 0 Å². The third-order valence-corrected chi connectivity index (χ3v) is 4.56. The van der Waals surface area contributed by atoms with E-state index >= 15 is 0 Å². The highest BCUT2D eigenvalue weighted by atomic mass is 19.4. The zero-order chi connectivity index (χ0) is 21.5. The number of halogens is 3. The lowest BCUT2D eigenvalue weighted by Crippen LogP contribution is -2.39. The second kappa shape index (κ2) is 7.21. The number of benzene rings is 1. The van der Waals surface area contributed by atoms with Crippen molar-refractivity contribution >= 4 is 11.6 Å². The SMILES string of the molecule is Cc1nc2c(C)cc(-c3ccccc3C(F)(F)F)nn2c1C(=O)NC1=CC=CNN1. The number of rotatable bonds is 3. The number of nitrogens with zero attached hydrogens (tertiary/aromatic N) is 3. The molecule has 0 fully saturated rings. The molecule has 1 aliphatic rings. The molecule has 30 heavy (non-hydrogen) atoms. The Kier molecular flexibility index (Phi) is 4.69. The summed E-state index contributed by atoms with van der Waals surface area (Å²) in [5.74, 6) is -0.0869. The lowest BCUT2D eigenvalue weighted by atomic mass is 10.0. The van der Waals surface area contributed by atoms with Gasteiger partial charge in [0.05, 0.1) is 17.0 Å². The number of allylic oxidation sites excluding steroid dienone is 2. The minimum Gasteiger partial charge on any atom is -0.307 e. The Labute approximate surface area is 169 Å². The minimum absolute atomic E-state index is 0.0706. The van der Waals surface area contributed by atoms with Gasteiger partial charge in [-0.05, 0) is 43.7 Å². The Balaban J connectivity index is 1.85. The first-order valence-electron chi connectivity index (χ1n) is 8.99. The third-order valence-electron chi connectivity index (χ3n) is 4.56. The van der Waals surface area contributed by atoms with Gasteiger partial charge < -0.3 is 10.7 Å². The zero-order valence-corrected chi connectivity index (χ0v) is 16.0. The summed E-state index contributed by atoms with van der Waals surface area (Å²) in [4.78, 5) is 17.3. The molecule has 0 aliphatic carbocycles. The van der Waals surface area contributed by atoms with Gasteiger partial charge in [-0.3, -0.25) is 10.2 Å². The topological polar surface area (TPSA) is 83.4 Å². The van der Waals surface area contributed by atoms with Crippen molar-refractivity contribution in [2.45, 2.75) is 20.0 Å². The van der Waals surface area contributed by atoms with Crippen LogP contribution in [0.3, 0.4) is 0 Å². The molecule has 1 aromatic carbocycles. The van der Waals surface area contributed by atoms with Crippen LogP contribution < -0.4 is 16.2 Å². The van der Waals surface area contributed by atoms with Gasteiger partial charge in [0.1, 0.15) is 5.82 Å². The number of hydrogen-bond donors (Lipinski definition) is 3. The number of carbonyl (C=O) groups excluding carboxylic acids is 1. The fraction of sp³-hybridized carbons (Fsp3) is 0.150. The standard InChI is InChI=1S/C20H17F3N6O/c1-11-10-15(13-6-3-4-7-14(13)20(21,22)23)28-29-17(12(2)25-18(11)29)19(30)26-16-8-5-9-24-27-16/h3-10,24,27H,1-2H3,(H,26,30). The number of hydrazine groups is 1. The Morgan fingerprint density at radius 3 is 2.67 bits per heavy atom. The first kappa shape index (κ1) is 19.5. The minimum atomic E-state index is -4.54. The van der Waals surface area contributed by atoms with E-state index in [2.05, 4.69) is 26.3 Å². The predicted octanol–water partition coefficient (Wildman–Crippen LogP) is 3.22. The Hall–Kier alpha value is -3.82. The average molecular weight is 414 g/mol. The Morgan fingerprint density at radius 1 is 1.20 bits per heavy atom. The van der Waals surface area contributed by atoms with Crippen LogP contribution in [0.2, 0.25) is 0 Å². The first-order valence-corrected chi connectivity index (χ1v) is 8.99. The summed E-state index contributed by atoms with van der Waals surface area (Å²) < 4.78 is 41.7. The van der Waals surface area contributed by atoms with E-state index in [1.807, 2.05) is 0 Å². The first-order chi connectivity index (χ1) is 14.3. The zero-order valence-electron chi connectivity index (χ0n) is 16.0. The van der Waals surface area contributed by atoms with Crippen molar-refractivity contribution in [1.29, 1.82) is 0 Å². The van der Waals surface area contributed by atoms with Crippen LogP contribution in [-0.4, -0.2) is 20.5 Å². The molecule has 0 atom stereocenters. The molecule has 2 aromatic heterocycles. The molecule has 1 amide bonds. The Morgan fingerprint density at radius 2 is 1.97 bits per heavy atom. The molecule has 0 radical (unpaired) electrons. The third kappa shape index (κ3) is 3.47. The molecule has 1 aliphatic heterocycles. The van der Waals surface area contributed by atoms with Crippen LogP contribution in [0.25, 0.3) is 16.9 Å². The number of nitrogens with one attached hydrogen (secondary N) is 3. The summed E-state index contributed by atoms with van der Waals surface area (Å²) in [5.41, 5.74) is 6.27. The van der Waals surface area contributed by atoms with Crippen LogP contribution in [-0.2, 0) is 6.18 Å². The molecular formula is C20H17F3N6O. The van der Waals surface area contributed by atoms with Crippen molar-refractivity contribution in [2.75, 3.05) is 0 Å². The molecular weight excluding hydrogens is 397 g/mol. The number of carbonyl (C=O) groups is 1. The lowest BCUT2D eigenvalue weighted by molar-refractivity contribution is -0.137. The average Bonchev–Trinajstić information content (AvgIpc) is 3.04. The van der Waals surface area contributed by atoms with Crippen LogP contribution in [0.1, 0.15) is 27.3 Å². The highest BCUT2D eigenvalue weighted by Gasteiger charge is 2.34. The lowest BCUT2D eigenvalue weighted by Gasteiger charge is -2.15. The van der Waals surface area contributed by atoms with Crippen LogP contribution >= 0.6 is 0 Å². The van der Waals surface area contributed by atoms with E-state index in [1.54, 1.807) is 32.2 Å². The van der Waals surface area contributed by atoms with Gasteiger partial charge in [-0.15, -0.1) is 0 Å². The maximum absolute atomic E-state index is 13.5. The largest absolute Gasteiger partial charge is 0.417 e. The number of fused-ring (bicyclic) bond motifs is 1. The summed E-state index contributed by atoms with van der Waals surface area (Å²) in [6.07, 6.45) is 0.453. The molecule has 3 N–H and O–H groups in total. The van der Waals surface area contributed by atoms with Gasteiger partial charge in [0.25, 0.3) is 5.91 Å². The fourth-order valence-corrected chi connectivity index (χ4v) is 3.23. The predicted molar refractivity (Wildman–Crippen MR) is 104 cm³/mol. The quantitative estimate of drug-likeness (QED) is 0.613. The van der Waals surface area contributed by atoms with Crippen LogP contribution in [0.5, 0.6) is 0 Å². The van der Waals surface area contributed by atoms with Gasteiger partial charge in [0, 0.05) is 11.8 Å². The maximum Gasteiger partial charge on any atom is 0.417 e. The van der Waals surface area contributed by atoms with Gasteiger partial charge in [0.15, 0.2) is 11.3 Å². The molecule has 4 rings (SSSR count). The van der Waals surface area contributed by atoms with Crippen LogP contribution in [0, 0.1) is 13.8 Å². The highest BCUT2D eigenvalue weighted by Crippen LogP contribution is 2.36. The van der Waals surface area contributed by atoms with Crippen molar-refractivity contribution in [3.8, 4) is 11.3 Å². The normalized spacial score (nSPS) is 13.6. The van der Waals surface area contributed by atoms with Gasteiger partial charge in [-0.1, -0.05) is 18.2 Å². The van der Waals surface area contributed by atoms with Crippen molar-refractivity contribution in [2.24, 2.45) is 0 Å². The molecule has 10 heteroatoms. The van der Waals surface area contributed by atoms with Crippen molar-refractivity contribution in [3.63, 3.8) is 0 Å². The summed E-state index contributed by atoms with van der Waals surface area (Å²) >= 11 is 0. The smallest absolute Gasteiger partial charge is 0.307 e. The summed E-state index contributed by atoms with van der Waals surface area (Å²) in [6, 6.07) is 6.74. The summed E-state index contributed by atoms with van der Waals surface area (Å²) in [6.45, 7) is 3.36. The molecule has 154 valence electrons. The van der Waals surface area contributed by atoms with E-state index in [1.165, 1.54) is 28.8 Å². The van der Waals surface area contributed by atoms with E-state index in [0.29, 0.717) is 22.7 Å². The van der Waals surface area contributed by atoms with Gasteiger partial charge >= 0.3 is 6.18 Å². The van der Waals surface area contributed by atoms with Crippen molar-refractivity contribution in [3.05, 3.63) is 77.0 Å². The number of aromatic nitrogens is 3. The molecule has 7 nitrogen and oxygen atoms in total. The number of alkyl halides is 3. The Bertz CT molecular complexity index is 1210. The summed E-state index contributed by atoms with van der Waals surface area (Å²) in [7, 11) is 0. The van der Waals surface area contributed by atoms with E-state index < -0.39 is 17.6 Å². The number of aryl methyl sites for hydroxylation is 2. The number of hydrogen-bond acceptors (Lipinski definition) is 5.